The van der Waals surface area contributed by atoms with Gasteiger partial charge in [-0.15, -0.1) is 11.6 Å². The van der Waals surface area contributed by atoms with Crippen LogP contribution in [0.5, 0.6) is 11.5 Å². The molecule has 0 aliphatic rings. The Morgan fingerprint density at radius 1 is 0.882 bits per heavy atom. The molecule has 0 aromatic heterocycles. The van der Waals surface area contributed by atoms with Gasteiger partial charge in [0.25, 0.3) is 0 Å². The third-order valence-electron chi connectivity index (χ3n) is 2.48. The number of hydrogen-bond acceptors (Lipinski definition) is 1. The molecule has 88 valence electrons. The molecule has 0 saturated carbocycles. The van der Waals surface area contributed by atoms with E-state index in [2.05, 4.69) is 12.1 Å². The number of aryl methyl sites for hydroxylation is 1. The summed E-state index contributed by atoms with van der Waals surface area (Å²) >= 11 is 5.69. The van der Waals surface area contributed by atoms with E-state index < -0.39 is 0 Å². The van der Waals surface area contributed by atoms with Gasteiger partial charge in [0.1, 0.15) is 11.5 Å². The second-order valence-electron chi connectivity index (χ2n) is 3.86. The fourth-order valence-electron chi connectivity index (χ4n) is 1.66. The first-order chi connectivity index (χ1) is 8.38. The van der Waals surface area contributed by atoms with E-state index in [0.29, 0.717) is 5.88 Å². The predicted octanol–water partition coefficient (Wildman–Crippen LogP) is 4.65. The zero-order valence-electron chi connectivity index (χ0n) is 9.60. The maximum absolute atomic E-state index is 5.77. The molecule has 2 aromatic rings. The Kier molecular flexibility index (Phi) is 4.45. The first kappa shape index (κ1) is 12.0. The second-order valence-corrected chi connectivity index (χ2v) is 4.23. The molecule has 0 spiro atoms. The number of hydrogen-bond donors (Lipinski definition) is 0. The summed E-state index contributed by atoms with van der Waals surface area (Å²) < 4.78 is 5.77. The lowest BCUT2D eigenvalue weighted by Crippen LogP contribution is -1.88. The van der Waals surface area contributed by atoms with E-state index in [1.54, 1.807) is 0 Å². The van der Waals surface area contributed by atoms with Crippen LogP contribution in [0, 0.1) is 0 Å². The first-order valence-electron chi connectivity index (χ1n) is 5.76. The third kappa shape index (κ3) is 3.79. The van der Waals surface area contributed by atoms with Gasteiger partial charge in [0, 0.05) is 5.88 Å². The van der Waals surface area contributed by atoms with E-state index in [0.717, 1.165) is 24.3 Å². The van der Waals surface area contributed by atoms with Gasteiger partial charge in [0.2, 0.25) is 0 Å². The lowest BCUT2D eigenvalue weighted by molar-refractivity contribution is 0.482. The van der Waals surface area contributed by atoms with Crippen LogP contribution in [0.2, 0.25) is 0 Å². The van der Waals surface area contributed by atoms with Crippen molar-refractivity contribution in [1.82, 2.24) is 0 Å². The Labute approximate surface area is 107 Å². The Morgan fingerprint density at radius 3 is 2.41 bits per heavy atom. The molecule has 0 radical (unpaired) electrons. The van der Waals surface area contributed by atoms with Gasteiger partial charge in [-0.3, -0.25) is 0 Å². The monoisotopic (exact) mass is 246 g/mol. The van der Waals surface area contributed by atoms with Gasteiger partial charge in [-0.05, 0) is 42.7 Å². The fraction of sp³-hybridized carbons (Fsp3) is 0.200. The van der Waals surface area contributed by atoms with Crippen LogP contribution in [0.1, 0.15) is 12.0 Å². The van der Waals surface area contributed by atoms with Gasteiger partial charge < -0.3 is 4.74 Å². The molecule has 17 heavy (non-hydrogen) atoms. The highest BCUT2D eigenvalue weighted by atomic mass is 35.5. The first-order valence-corrected chi connectivity index (χ1v) is 6.30. The summed E-state index contributed by atoms with van der Waals surface area (Å²) in [7, 11) is 0. The highest BCUT2D eigenvalue weighted by Gasteiger charge is 1.98. The van der Waals surface area contributed by atoms with Crippen LogP contribution >= 0.6 is 11.6 Å². The minimum absolute atomic E-state index is 0.698. The van der Waals surface area contributed by atoms with Crippen LogP contribution in [0.3, 0.4) is 0 Å². The molecule has 0 bridgehead atoms. The van der Waals surface area contributed by atoms with Crippen molar-refractivity contribution in [3.8, 4) is 11.5 Å². The van der Waals surface area contributed by atoms with Crippen molar-refractivity contribution in [3.63, 3.8) is 0 Å². The maximum Gasteiger partial charge on any atom is 0.127 e. The predicted molar refractivity (Wildman–Crippen MR) is 72.0 cm³/mol. The normalized spacial score (nSPS) is 10.2. The fourth-order valence-corrected chi connectivity index (χ4v) is 1.79. The van der Waals surface area contributed by atoms with Gasteiger partial charge in [-0.25, -0.2) is 0 Å². The summed E-state index contributed by atoms with van der Waals surface area (Å²) in [4.78, 5) is 0. The molecule has 2 rings (SSSR count). The quantitative estimate of drug-likeness (QED) is 0.698. The number of benzene rings is 2. The van der Waals surface area contributed by atoms with Crippen LogP contribution in [0.4, 0.5) is 0 Å². The van der Waals surface area contributed by atoms with Crippen LogP contribution < -0.4 is 4.74 Å². The average molecular weight is 247 g/mol. The summed E-state index contributed by atoms with van der Waals surface area (Å²) in [6.45, 7) is 0. The van der Waals surface area contributed by atoms with Gasteiger partial charge in [-0.1, -0.05) is 30.3 Å². The molecule has 0 atom stereocenters. The molecule has 0 saturated heterocycles. The van der Waals surface area contributed by atoms with Gasteiger partial charge >= 0.3 is 0 Å². The molecule has 0 aliphatic carbocycles. The van der Waals surface area contributed by atoms with E-state index in [1.807, 2.05) is 42.5 Å². The summed E-state index contributed by atoms with van der Waals surface area (Å²) in [5.41, 5.74) is 1.26. The van der Waals surface area contributed by atoms with Crippen LogP contribution in [0.15, 0.2) is 54.6 Å². The topological polar surface area (TPSA) is 9.23 Å². The largest absolute Gasteiger partial charge is 0.457 e. The molecule has 2 aromatic carbocycles. The minimum Gasteiger partial charge on any atom is -0.457 e. The summed E-state index contributed by atoms with van der Waals surface area (Å²) in [6, 6.07) is 18.0. The summed E-state index contributed by atoms with van der Waals surface area (Å²) in [5.74, 6) is 2.44. The maximum atomic E-state index is 5.77. The molecule has 0 unspecified atom stereocenters. The van der Waals surface area contributed by atoms with Crippen LogP contribution in [-0.2, 0) is 6.42 Å². The average Bonchev–Trinajstić information content (AvgIpc) is 2.38. The summed E-state index contributed by atoms with van der Waals surface area (Å²) in [6.07, 6.45) is 1.99. The second kappa shape index (κ2) is 6.31. The van der Waals surface area contributed by atoms with Gasteiger partial charge in [-0.2, -0.15) is 0 Å². The molecule has 0 fully saturated rings. The van der Waals surface area contributed by atoms with Crippen LogP contribution in [-0.4, -0.2) is 5.88 Å². The lowest BCUT2D eigenvalue weighted by Gasteiger charge is -2.07. The van der Waals surface area contributed by atoms with E-state index >= 15 is 0 Å². The molecule has 1 nitrogen and oxygen atoms in total. The van der Waals surface area contributed by atoms with E-state index in [4.69, 9.17) is 16.3 Å². The van der Waals surface area contributed by atoms with Crippen molar-refractivity contribution in [2.24, 2.45) is 0 Å². The van der Waals surface area contributed by atoms with Crippen molar-refractivity contribution >= 4 is 11.6 Å². The molecule has 0 N–H and O–H groups in total. The Bertz CT molecular complexity index is 453. The van der Waals surface area contributed by atoms with E-state index in [-0.39, 0.29) is 0 Å². The summed E-state index contributed by atoms with van der Waals surface area (Å²) in [5, 5.41) is 0. The molecule has 0 heterocycles. The molecule has 0 aliphatic heterocycles. The number of ether oxygens (including phenoxy) is 1. The van der Waals surface area contributed by atoms with Crippen molar-refractivity contribution in [3.05, 3.63) is 60.2 Å². The zero-order chi connectivity index (χ0) is 11.9. The highest BCUT2D eigenvalue weighted by Crippen LogP contribution is 2.22. The SMILES string of the molecule is ClCCCc1cccc(Oc2ccccc2)c1. The Hall–Kier alpha value is -1.47. The number of alkyl halides is 1. The van der Waals surface area contributed by atoms with Crippen molar-refractivity contribution in [1.29, 1.82) is 0 Å². The van der Waals surface area contributed by atoms with Crippen molar-refractivity contribution < 1.29 is 4.74 Å². The van der Waals surface area contributed by atoms with Crippen molar-refractivity contribution in [2.45, 2.75) is 12.8 Å². The standard InChI is InChI=1S/C15H15ClO/c16-11-5-7-13-6-4-10-15(12-13)17-14-8-2-1-3-9-14/h1-4,6,8-10,12H,5,7,11H2. The van der Waals surface area contributed by atoms with E-state index in [9.17, 15) is 0 Å². The smallest absolute Gasteiger partial charge is 0.127 e. The number of rotatable bonds is 5. The molecule has 0 amide bonds. The van der Waals surface area contributed by atoms with Crippen LogP contribution in [0.25, 0.3) is 0 Å². The Balaban J connectivity index is 2.06. The minimum atomic E-state index is 0.698. The number of para-hydroxylation sites is 1. The van der Waals surface area contributed by atoms with Gasteiger partial charge in [0.15, 0.2) is 0 Å². The molecular formula is C15H15ClO. The zero-order valence-corrected chi connectivity index (χ0v) is 10.4. The Morgan fingerprint density at radius 2 is 1.65 bits per heavy atom. The third-order valence-corrected chi connectivity index (χ3v) is 2.74. The van der Waals surface area contributed by atoms with Crippen molar-refractivity contribution in [2.75, 3.05) is 5.88 Å². The lowest BCUT2D eigenvalue weighted by atomic mass is 10.1. The molecule has 2 heteroatoms. The highest BCUT2D eigenvalue weighted by molar-refractivity contribution is 6.17. The number of halogens is 1. The van der Waals surface area contributed by atoms with Gasteiger partial charge in [0.05, 0.1) is 0 Å². The molecular weight excluding hydrogens is 232 g/mol. The van der Waals surface area contributed by atoms with E-state index in [1.165, 1.54) is 5.56 Å².